The maximum absolute atomic E-state index is 6.31. The SMILES string of the molecule is CCCNC(c1ccc(Cl)o1)c1c(Cl)cnn1CCC. The van der Waals surface area contributed by atoms with Crippen LogP contribution in [0.15, 0.2) is 22.7 Å². The van der Waals surface area contributed by atoms with Gasteiger partial charge in [0.05, 0.1) is 16.9 Å². The number of furan rings is 1. The number of nitrogens with zero attached hydrogens (tertiary/aromatic N) is 2. The summed E-state index contributed by atoms with van der Waals surface area (Å²) in [4.78, 5) is 0. The molecule has 2 aromatic heterocycles. The lowest BCUT2D eigenvalue weighted by molar-refractivity contribution is 0.424. The lowest BCUT2D eigenvalue weighted by Gasteiger charge is -2.18. The number of nitrogens with one attached hydrogen (secondary N) is 1. The first-order chi connectivity index (χ1) is 9.67. The predicted octanol–water partition coefficient (Wildman–Crippen LogP) is 4.28. The molecule has 0 spiro atoms. The summed E-state index contributed by atoms with van der Waals surface area (Å²) in [5, 5.41) is 8.79. The molecule has 0 amide bonds. The van der Waals surface area contributed by atoms with Gasteiger partial charge in [-0.15, -0.1) is 0 Å². The van der Waals surface area contributed by atoms with Crippen LogP contribution in [0, 0.1) is 0 Å². The van der Waals surface area contributed by atoms with Crippen molar-refractivity contribution >= 4 is 23.2 Å². The Bertz CT molecular complexity index is 550. The molecule has 0 aliphatic rings. The average Bonchev–Trinajstić information content (AvgIpc) is 3.00. The second kappa shape index (κ2) is 7.16. The fraction of sp³-hybridized carbons (Fsp3) is 0.500. The third kappa shape index (κ3) is 3.37. The molecule has 110 valence electrons. The van der Waals surface area contributed by atoms with Gasteiger partial charge in [-0.2, -0.15) is 5.10 Å². The number of aryl methyl sites for hydroxylation is 1. The van der Waals surface area contributed by atoms with Gasteiger partial charge in [-0.05, 0) is 43.1 Å². The van der Waals surface area contributed by atoms with Crippen molar-refractivity contribution in [3.05, 3.63) is 40.0 Å². The minimum Gasteiger partial charge on any atom is -0.448 e. The molecule has 0 saturated carbocycles. The molecule has 20 heavy (non-hydrogen) atoms. The molecule has 6 heteroatoms. The third-order valence-electron chi connectivity index (χ3n) is 3.02. The maximum Gasteiger partial charge on any atom is 0.193 e. The van der Waals surface area contributed by atoms with Gasteiger partial charge in [0.15, 0.2) is 5.22 Å². The van der Waals surface area contributed by atoms with Crippen LogP contribution in [0.4, 0.5) is 0 Å². The highest BCUT2D eigenvalue weighted by atomic mass is 35.5. The summed E-state index contributed by atoms with van der Waals surface area (Å²) < 4.78 is 7.48. The van der Waals surface area contributed by atoms with Crippen LogP contribution in [0.1, 0.15) is 44.2 Å². The molecule has 0 aromatic carbocycles. The monoisotopic (exact) mass is 315 g/mol. The molecular weight excluding hydrogens is 297 g/mol. The van der Waals surface area contributed by atoms with Crippen LogP contribution < -0.4 is 5.32 Å². The molecule has 4 nitrogen and oxygen atoms in total. The minimum atomic E-state index is -0.135. The number of aromatic nitrogens is 2. The first-order valence-electron chi connectivity index (χ1n) is 6.87. The summed E-state index contributed by atoms with van der Waals surface area (Å²) >= 11 is 12.2. The predicted molar refractivity (Wildman–Crippen MR) is 81.4 cm³/mol. The summed E-state index contributed by atoms with van der Waals surface area (Å²) in [5.74, 6) is 0.753. The Hall–Kier alpha value is -0.970. The zero-order chi connectivity index (χ0) is 14.5. The van der Waals surface area contributed by atoms with Crippen molar-refractivity contribution in [1.29, 1.82) is 0 Å². The smallest absolute Gasteiger partial charge is 0.193 e. The molecule has 2 heterocycles. The lowest BCUT2D eigenvalue weighted by Crippen LogP contribution is -2.26. The van der Waals surface area contributed by atoms with E-state index < -0.39 is 0 Å². The van der Waals surface area contributed by atoms with Gasteiger partial charge in [0.1, 0.15) is 11.8 Å². The fourth-order valence-corrected chi connectivity index (χ4v) is 2.56. The van der Waals surface area contributed by atoms with Gasteiger partial charge in [0.2, 0.25) is 0 Å². The summed E-state index contributed by atoms with van der Waals surface area (Å²) in [6.07, 6.45) is 3.69. The molecule has 2 rings (SSSR count). The summed E-state index contributed by atoms with van der Waals surface area (Å²) in [5.41, 5.74) is 0.924. The van der Waals surface area contributed by atoms with Crippen LogP contribution in [0.3, 0.4) is 0 Å². The molecule has 0 aliphatic carbocycles. The summed E-state index contributed by atoms with van der Waals surface area (Å²) in [7, 11) is 0. The minimum absolute atomic E-state index is 0.135. The van der Waals surface area contributed by atoms with Gasteiger partial charge in [0, 0.05) is 6.54 Å². The Kier molecular flexibility index (Phi) is 5.52. The van der Waals surface area contributed by atoms with Crippen molar-refractivity contribution in [1.82, 2.24) is 15.1 Å². The highest BCUT2D eigenvalue weighted by molar-refractivity contribution is 6.31. The van der Waals surface area contributed by atoms with E-state index in [0.717, 1.165) is 37.4 Å². The Morgan fingerprint density at radius 1 is 1.30 bits per heavy atom. The van der Waals surface area contributed by atoms with Gasteiger partial charge in [-0.25, -0.2) is 0 Å². The van der Waals surface area contributed by atoms with E-state index in [1.807, 2.05) is 10.7 Å². The van der Waals surface area contributed by atoms with E-state index in [1.54, 1.807) is 12.3 Å². The molecular formula is C14H19Cl2N3O. The first kappa shape index (κ1) is 15.4. The largest absolute Gasteiger partial charge is 0.448 e. The Morgan fingerprint density at radius 3 is 2.70 bits per heavy atom. The van der Waals surface area contributed by atoms with Crippen molar-refractivity contribution in [2.45, 2.75) is 39.3 Å². The molecule has 0 bridgehead atoms. The highest BCUT2D eigenvalue weighted by Crippen LogP contribution is 2.30. The van der Waals surface area contributed by atoms with Gasteiger partial charge in [-0.3, -0.25) is 4.68 Å². The standard InChI is InChI=1S/C14H19Cl2N3O/c1-3-7-17-13(11-5-6-12(16)20-11)14-10(15)9-18-19(14)8-4-2/h5-6,9,13,17H,3-4,7-8H2,1-2H3. The average molecular weight is 316 g/mol. The zero-order valence-electron chi connectivity index (χ0n) is 11.7. The lowest BCUT2D eigenvalue weighted by atomic mass is 10.1. The fourth-order valence-electron chi connectivity index (χ4n) is 2.15. The van der Waals surface area contributed by atoms with Crippen molar-refractivity contribution in [3.8, 4) is 0 Å². The topological polar surface area (TPSA) is 43.0 Å². The molecule has 0 aliphatic heterocycles. The van der Waals surface area contributed by atoms with E-state index in [2.05, 4.69) is 24.3 Å². The molecule has 1 unspecified atom stereocenters. The van der Waals surface area contributed by atoms with Gasteiger partial charge >= 0.3 is 0 Å². The maximum atomic E-state index is 6.31. The number of halogens is 2. The molecule has 2 aromatic rings. The normalized spacial score (nSPS) is 12.8. The van der Waals surface area contributed by atoms with Crippen molar-refractivity contribution in [2.24, 2.45) is 0 Å². The van der Waals surface area contributed by atoms with Crippen LogP contribution in [-0.2, 0) is 6.54 Å². The van der Waals surface area contributed by atoms with Gasteiger partial charge in [0.25, 0.3) is 0 Å². The Morgan fingerprint density at radius 2 is 2.10 bits per heavy atom. The van der Waals surface area contributed by atoms with Crippen LogP contribution in [0.2, 0.25) is 10.2 Å². The van der Waals surface area contributed by atoms with E-state index in [-0.39, 0.29) is 6.04 Å². The second-order valence-corrected chi connectivity index (χ2v) is 5.41. The van der Waals surface area contributed by atoms with Crippen LogP contribution in [-0.4, -0.2) is 16.3 Å². The van der Waals surface area contributed by atoms with Crippen LogP contribution in [0.25, 0.3) is 0 Å². The quantitative estimate of drug-likeness (QED) is 0.829. The van der Waals surface area contributed by atoms with Crippen molar-refractivity contribution in [3.63, 3.8) is 0 Å². The molecule has 0 fully saturated rings. The van der Waals surface area contributed by atoms with E-state index in [0.29, 0.717) is 10.2 Å². The van der Waals surface area contributed by atoms with Gasteiger partial charge in [-0.1, -0.05) is 25.4 Å². The molecule has 1 N–H and O–H groups in total. The van der Waals surface area contributed by atoms with E-state index >= 15 is 0 Å². The zero-order valence-corrected chi connectivity index (χ0v) is 13.2. The summed E-state index contributed by atoms with van der Waals surface area (Å²) in [6, 6.07) is 3.48. The molecule has 0 saturated heterocycles. The Labute approximate surface area is 129 Å². The van der Waals surface area contributed by atoms with Crippen LogP contribution >= 0.6 is 23.2 Å². The number of hydrogen-bond donors (Lipinski definition) is 1. The number of rotatable bonds is 7. The van der Waals surface area contributed by atoms with Crippen molar-refractivity contribution in [2.75, 3.05) is 6.54 Å². The van der Waals surface area contributed by atoms with Crippen molar-refractivity contribution < 1.29 is 4.42 Å². The third-order valence-corrected chi connectivity index (χ3v) is 3.51. The number of hydrogen-bond acceptors (Lipinski definition) is 3. The van der Waals surface area contributed by atoms with E-state index in [1.165, 1.54) is 0 Å². The van der Waals surface area contributed by atoms with Crippen LogP contribution in [0.5, 0.6) is 0 Å². The Balaban J connectivity index is 2.37. The summed E-state index contributed by atoms with van der Waals surface area (Å²) in [6.45, 7) is 5.90. The van der Waals surface area contributed by atoms with Gasteiger partial charge < -0.3 is 9.73 Å². The molecule has 1 atom stereocenters. The van der Waals surface area contributed by atoms with E-state index in [4.69, 9.17) is 27.6 Å². The first-order valence-corrected chi connectivity index (χ1v) is 7.62. The second-order valence-electron chi connectivity index (χ2n) is 4.63. The molecule has 0 radical (unpaired) electrons. The highest BCUT2D eigenvalue weighted by Gasteiger charge is 2.24. The van der Waals surface area contributed by atoms with E-state index in [9.17, 15) is 0 Å².